The summed E-state index contributed by atoms with van der Waals surface area (Å²) in [5, 5.41) is 11.6. The number of carboxylic acids is 1. The number of aromatic nitrogens is 2. The summed E-state index contributed by atoms with van der Waals surface area (Å²) in [7, 11) is 1.62. The largest absolute Gasteiger partial charge is 0.476 e. The lowest BCUT2D eigenvalue weighted by molar-refractivity contribution is 0.0690. The topological polar surface area (TPSA) is 84.3 Å². The van der Waals surface area contributed by atoms with Crippen molar-refractivity contribution in [2.75, 3.05) is 19.0 Å². The molecule has 0 aromatic carbocycles. The molecule has 0 amide bonds. The van der Waals surface area contributed by atoms with Crippen LogP contribution in [0.1, 0.15) is 17.4 Å². The summed E-state index contributed by atoms with van der Waals surface area (Å²) in [5.74, 6) is -0.553. The number of anilines is 1. The van der Waals surface area contributed by atoms with E-state index in [1.807, 2.05) is 6.92 Å². The van der Waals surface area contributed by atoms with Gasteiger partial charge in [0, 0.05) is 13.7 Å². The van der Waals surface area contributed by atoms with Crippen LogP contribution in [0.4, 0.5) is 5.82 Å². The SMILES string of the molecule is COC(C)CNc1cnc(C(=O)O)cn1. The van der Waals surface area contributed by atoms with Gasteiger partial charge in [-0.2, -0.15) is 0 Å². The van der Waals surface area contributed by atoms with Gasteiger partial charge < -0.3 is 15.2 Å². The van der Waals surface area contributed by atoms with Crippen molar-refractivity contribution >= 4 is 11.8 Å². The van der Waals surface area contributed by atoms with Crippen molar-refractivity contribution < 1.29 is 14.6 Å². The van der Waals surface area contributed by atoms with Crippen LogP contribution in [0, 0.1) is 0 Å². The highest BCUT2D eigenvalue weighted by atomic mass is 16.5. The van der Waals surface area contributed by atoms with Gasteiger partial charge in [-0.25, -0.2) is 14.8 Å². The Hall–Kier alpha value is -1.69. The number of methoxy groups -OCH3 is 1. The van der Waals surface area contributed by atoms with Gasteiger partial charge in [0.15, 0.2) is 5.69 Å². The van der Waals surface area contributed by atoms with Crippen LogP contribution in [0.2, 0.25) is 0 Å². The fraction of sp³-hybridized carbons (Fsp3) is 0.444. The van der Waals surface area contributed by atoms with E-state index in [1.165, 1.54) is 12.4 Å². The maximum atomic E-state index is 10.5. The molecule has 1 atom stereocenters. The fourth-order valence-electron chi connectivity index (χ4n) is 0.861. The average Bonchev–Trinajstić information content (AvgIpc) is 2.26. The van der Waals surface area contributed by atoms with Gasteiger partial charge in [0.05, 0.1) is 18.5 Å². The van der Waals surface area contributed by atoms with Gasteiger partial charge in [0.1, 0.15) is 5.82 Å². The molecule has 1 unspecified atom stereocenters. The molecule has 0 spiro atoms. The molecule has 15 heavy (non-hydrogen) atoms. The predicted molar refractivity (Wildman–Crippen MR) is 54.0 cm³/mol. The number of ether oxygens (including phenoxy) is 1. The van der Waals surface area contributed by atoms with Gasteiger partial charge in [-0.15, -0.1) is 0 Å². The van der Waals surface area contributed by atoms with Gasteiger partial charge >= 0.3 is 5.97 Å². The first-order valence-corrected chi connectivity index (χ1v) is 4.45. The van der Waals surface area contributed by atoms with Crippen molar-refractivity contribution in [3.05, 3.63) is 18.1 Å². The van der Waals surface area contributed by atoms with Crippen molar-refractivity contribution in [2.24, 2.45) is 0 Å². The van der Waals surface area contributed by atoms with E-state index in [2.05, 4.69) is 15.3 Å². The number of hydrogen-bond acceptors (Lipinski definition) is 5. The molecule has 2 N–H and O–H groups in total. The standard InChI is InChI=1S/C9H13N3O3/c1-6(15-2)3-11-8-5-10-7(4-12-8)9(13)14/h4-6H,3H2,1-2H3,(H,11,12)(H,13,14). The molecule has 1 aromatic heterocycles. The number of carboxylic acid groups (broad SMARTS) is 1. The smallest absolute Gasteiger partial charge is 0.356 e. The maximum Gasteiger partial charge on any atom is 0.356 e. The van der Waals surface area contributed by atoms with Crippen LogP contribution in [-0.2, 0) is 4.74 Å². The molecule has 0 saturated heterocycles. The first kappa shape index (κ1) is 11.4. The van der Waals surface area contributed by atoms with Crippen LogP contribution in [0.5, 0.6) is 0 Å². The third-order valence-electron chi connectivity index (χ3n) is 1.84. The van der Waals surface area contributed by atoms with E-state index in [-0.39, 0.29) is 11.8 Å². The quantitative estimate of drug-likeness (QED) is 0.742. The Morgan fingerprint density at radius 1 is 1.60 bits per heavy atom. The summed E-state index contributed by atoms with van der Waals surface area (Å²) in [4.78, 5) is 18.1. The van der Waals surface area contributed by atoms with Crippen LogP contribution in [0.15, 0.2) is 12.4 Å². The zero-order chi connectivity index (χ0) is 11.3. The van der Waals surface area contributed by atoms with Gasteiger partial charge in [-0.05, 0) is 6.92 Å². The molecular formula is C9H13N3O3. The van der Waals surface area contributed by atoms with Crippen molar-refractivity contribution in [1.82, 2.24) is 9.97 Å². The lowest BCUT2D eigenvalue weighted by Gasteiger charge is -2.10. The molecule has 1 aromatic rings. The molecule has 1 rings (SSSR count). The third-order valence-corrected chi connectivity index (χ3v) is 1.84. The summed E-state index contributed by atoms with van der Waals surface area (Å²) < 4.78 is 5.03. The van der Waals surface area contributed by atoms with E-state index in [1.54, 1.807) is 7.11 Å². The molecule has 0 aliphatic rings. The van der Waals surface area contributed by atoms with Crippen molar-refractivity contribution in [2.45, 2.75) is 13.0 Å². The second-order valence-corrected chi connectivity index (χ2v) is 3.02. The third kappa shape index (κ3) is 3.51. The van der Waals surface area contributed by atoms with Crippen LogP contribution >= 0.6 is 0 Å². The number of nitrogens with zero attached hydrogens (tertiary/aromatic N) is 2. The van der Waals surface area contributed by atoms with E-state index in [4.69, 9.17) is 9.84 Å². The van der Waals surface area contributed by atoms with E-state index < -0.39 is 5.97 Å². The Bertz CT molecular complexity index is 326. The van der Waals surface area contributed by atoms with Gasteiger partial charge in [0.2, 0.25) is 0 Å². The van der Waals surface area contributed by atoms with Crippen LogP contribution in [0.3, 0.4) is 0 Å². The van der Waals surface area contributed by atoms with Crippen LogP contribution in [-0.4, -0.2) is 40.8 Å². The second-order valence-electron chi connectivity index (χ2n) is 3.02. The monoisotopic (exact) mass is 211 g/mol. The molecule has 0 bridgehead atoms. The Kier molecular flexibility index (Phi) is 3.99. The number of rotatable bonds is 5. The Morgan fingerprint density at radius 3 is 2.80 bits per heavy atom. The molecule has 0 saturated carbocycles. The highest BCUT2D eigenvalue weighted by Crippen LogP contribution is 2.01. The minimum atomic E-state index is -1.08. The second kappa shape index (κ2) is 5.26. The number of nitrogens with one attached hydrogen (secondary N) is 1. The Labute approximate surface area is 87.3 Å². The summed E-state index contributed by atoms with van der Waals surface area (Å²) in [6, 6.07) is 0. The molecule has 0 aliphatic carbocycles. The molecule has 6 nitrogen and oxygen atoms in total. The first-order chi connectivity index (χ1) is 7.13. The zero-order valence-electron chi connectivity index (χ0n) is 8.60. The number of carbonyl (C=O) groups is 1. The van der Waals surface area contributed by atoms with Gasteiger partial charge in [0.25, 0.3) is 0 Å². The molecular weight excluding hydrogens is 198 g/mol. The van der Waals surface area contributed by atoms with Crippen molar-refractivity contribution in [3.8, 4) is 0 Å². The van der Waals surface area contributed by atoms with E-state index in [0.29, 0.717) is 12.4 Å². The van der Waals surface area contributed by atoms with Crippen molar-refractivity contribution in [3.63, 3.8) is 0 Å². The minimum Gasteiger partial charge on any atom is -0.476 e. The fourth-order valence-corrected chi connectivity index (χ4v) is 0.861. The van der Waals surface area contributed by atoms with Gasteiger partial charge in [-0.3, -0.25) is 0 Å². The lowest BCUT2D eigenvalue weighted by atomic mass is 10.4. The molecule has 0 aliphatic heterocycles. The average molecular weight is 211 g/mol. The summed E-state index contributed by atoms with van der Waals surface area (Å²) >= 11 is 0. The molecule has 1 heterocycles. The lowest BCUT2D eigenvalue weighted by Crippen LogP contribution is -2.18. The minimum absolute atomic E-state index is 0.0611. The maximum absolute atomic E-state index is 10.5. The molecule has 82 valence electrons. The summed E-state index contributed by atoms with van der Waals surface area (Å²) in [5.41, 5.74) is -0.0691. The van der Waals surface area contributed by atoms with E-state index in [0.717, 1.165) is 0 Å². The van der Waals surface area contributed by atoms with Crippen LogP contribution in [0.25, 0.3) is 0 Å². The Morgan fingerprint density at radius 2 is 2.33 bits per heavy atom. The highest BCUT2D eigenvalue weighted by Gasteiger charge is 2.05. The normalized spacial score (nSPS) is 12.1. The molecule has 0 radical (unpaired) electrons. The predicted octanol–water partition coefficient (Wildman–Crippen LogP) is 0.622. The highest BCUT2D eigenvalue weighted by molar-refractivity contribution is 5.84. The van der Waals surface area contributed by atoms with Gasteiger partial charge in [-0.1, -0.05) is 0 Å². The molecule has 6 heteroatoms. The zero-order valence-corrected chi connectivity index (χ0v) is 8.60. The summed E-state index contributed by atoms with van der Waals surface area (Å²) in [6.07, 6.45) is 2.65. The first-order valence-electron chi connectivity index (χ1n) is 4.45. The Balaban J connectivity index is 2.53. The van der Waals surface area contributed by atoms with E-state index >= 15 is 0 Å². The van der Waals surface area contributed by atoms with E-state index in [9.17, 15) is 4.79 Å². The number of aromatic carboxylic acids is 1. The van der Waals surface area contributed by atoms with Crippen molar-refractivity contribution in [1.29, 1.82) is 0 Å². The number of hydrogen-bond donors (Lipinski definition) is 2. The van der Waals surface area contributed by atoms with Crippen LogP contribution < -0.4 is 5.32 Å². The summed E-state index contributed by atoms with van der Waals surface area (Å²) in [6.45, 7) is 2.50. The molecule has 0 fully saturated rings.